The Balaban J connectivity index is 2.41. The van der Waals surface area contributed by atoms with Crippen LogP contribution in [0.5, 0.6) is 0 Å². The first-order valence-corrected chi connectivity index (χ1v) is 5.47. The van der Waals surface area contributed by atoms with E-state index in [0.717, 1.165) is 16.2 Å². The largest absolute Gasteiger partial charge is 0.335 e. The lowest BCUT2D eigenvalue weighted by atomic mass is 10.3. The molecule has 0 bridgehead atoms. The Bertz CT molecular complexity index is 468. The van der Waals surface area contributed by atoms with Gasteiger partial charge in [-0.2, -0.15) is 0 Å². The summed E-state index contributed by atoms with van der Waals surface area (Å²) in [7, 11) is 0. The number of aromatic nitrogens is 4. The van der Waals surface area contributed by atoms with Crippen LogP contribution in [0.1, 0.15) is 24.4 Å². The van der Waals surface area contributed by atoms with Gasteiger partial charge in [0.25, 0.3) is 0 Å². The number of imidazole rings is 1. The molecule has 1 atom stereocenters. The third-order valence-corrected chi connectivity index (χ3v) is 2.93. The zero-order valence-electron chi connectivity index (χ0n) is 7.89. The van der Waals surface area contributed by atoms with E-state index in [4.69, 9.17) is 12.2 Å². The van der Waals surface area contributed by atoms with E-state index < -0.39 is 0 Å². The van der Waals surface area contributed by atoms with Crippen molar-refractivity contribution >= 4 is 23.8 Å². The van der Waals surface area contributed by atoms with Crippen molar-refractivity contribution in [2.24, 2.45) is 0 Å². The van der Waals surface area contributed by atoms with Crippen molar-refractivity contribution in [2.75, 3.05) is 0 Å². The Kier molecular flexibility index (Phi) is 2.47. The first-order valence-electron chi connectivity index (χ1n) is 4.23. The van der Waals surface area contributed by atoms with Crippen LogP contribution < -0.4 is 0 Å². The molecule has 0 aromatic carbocycles. The van der Waals surface area contributed by atoms with E-state index in [0.29, 0.717) is 0 Å². The number of hydrogen-bond donors (Lipinski definition) is 1. The van der Waals surface area contributed by atoms with Gasteiger partial charge in [0.15, 0.2) is 4.77 Å². The average Bonchev–Trinajstić information content (AvgIpc) is 2.73. The summed E-state index contributed by atoms with van der Waals surface area (Å²) < 4.78 is 6.55. The van der Waals surface area contributed by atoms with E-state index in [-0.39, 0.29) is 6.04 Å². The van der Waals surface area contributed by atoms with Gasteiger partial charge in [-0.25, -0.2) is 0 Å². The number of nitrogens with zero attached hydrogens (tertiary/aromatic N) is 3. The van der Waals surface area contributed by atoms with Crippen LogP contribution in [0.25, 0.3) is 0 Å². The van der Waals surface area contributed by atoms with E-state index in [2.05, 4.69) is 21.5 Å². The minimum atomic E-state index is 0.145. The number of hydrogen-bond acceptors (Lipinski definition) is 4. The van der Waals surface area contributed by atoms with Gasteiger partial charge in [0.1, 0.15) is 0 Å². The minimum absolute atomic E-state index is 0.145. The van der Waals surface area contributed by atoms with E-state index in [9.17, 15) is 0 Å². The molecule has 0 aliphatic carbocycles. The molecule has 2 heterocycles. The number of H-pyrrole nitrogens is 1. The van der Waals surface area contributed by atoms with E-state index >= 15 is 0 Å². The Hall–Kier alpha value is -1.01. The molecule has 6 heteroatoms. The molecule has 0 fully saturated rings. The molecule has 0 aliphatic rings. The van der Waals surface area contributed by atoms with Crippen LogP contribution in [0.3, 0.4) is 0 Å². The molecule has 74 valence electrons. The highest BCUT2D eigenvalue weighted by Crippen LogP contribution is 2.17. The molecule has 0 spiro atoms. The lowest BCUT2D eigenvalue weighted by molar-refractivity contribution is 0.610. The molecule has 4 nitrogen and oxygen atoms in total. The van der Waals surface area contributed by atoms with E-state index in [1.54, 1.807) is 0 Å². The van der Waals surface area contributed by atoms with Gasteiger partial charge in [0.05, 0.1) is 11.7 Å². The predicted octanol–water partition coefficient (Wildman–Crippen LogP) is 2.31. The van der Waals surface area contributed by atoms with Gasteiger partial charge < -0.3 is 9.55 Å². The summed E-state index contributed by atoms with van der Waals surface area (Å²) in [5.41, 5.74) is 2.01. The van der Waals surface area contributed by atoms with Crippen LogP contribution in [-0.4, -0.2) is 19.1 Å². The van der Waals surface area contributed by atoms with Crippen LogP contribution in [0, 0.1) is 11.7 Å². The summed E-state index contributed by atoms with van der Waals surface area (Å²) in [6.07, 6.45) is 1.99. The zero-order valence-corrected chi connectivity index (χ0v) is 9.52. The molecule has 0 saturated heterocycles. The topological polar surface area (TPSA) is 46.5 Å². The predicted molar refractivity (Wildman–Crippen MR) is 58.1 cm³/mol. The van der Waals surface area contributed by atoms with Gasteiger partial charge in [0, 0.05) is 17.3 Å². The third kappa shape index (κ3) is 1.62. The first-order chi connectivity index (χ1) is 6.68. The number of aryl methyl sites for hydroxylation is 1. The molecule has 1 unspecified atom stereocenters. The average molecular weight is 226 g/mol. The maximum atomic E-state index is 5.19. The first kappa shape index (κ1) is 9.54. The second-order valence-corrected chi connectivity index (χ2v) is 4.15. The Morgan fingerprint density at radius 2 is 2.43 bits per heavy atom. The highest BCUT2D eigenvalue weighted by Gasteiger charge is 2.11. The molecule has 0 radical (unpaired) electrons. The van der Waals surface area contributed by atoms with Crippen molar-refractivity contribution in [1.82, 2.24) is 19.1 Å². The SMILES string of the molecule is Cc1cn(C(C)c2csnn2)c(=S)[nH]1. The summed E-state index contributed by atoms with van der Waals surface area (Å²) in [4.78, 5) is 3.08. The standard InChI is InChI=1S/C8H10N4S2/c1-5-3-12(8(13)9-5)6(2)7-4-14-11-10-7/h3-4,6H,1-2H3,(H,9,13). The molecule has 2 aromatic heterocycles. The maximum Gasteiger partial charge on any atom is 0.177 e. The van der Waals surface area contributed by atoms with Crippen molar-refractivity contribution in [1.29, 1.82) is 0 Å². The van der Waals surface area contributed by atoms with E-state index in [1.807, 2.05) is 23.1 Å². The fourth-order valence-electron chi connectivity index (χ4n) is 1.32. The number of aromatic amines is 1. The summed E-state index contributed by atoms with van der Waals surface area (Å²) in [5, 5.41) is 5.97. The van der Waals surface area contributed by atoms with Gasteiger partial charge in [-0.1, -0.05) is 4.49 Å². The minimum Gasteiger partial charge on any atom is -0.335 e. The molecule has 0 amide bonds. The Morgan fingerprint density at radius 1 is 1.64 bits per heavy atom. The van der Waals surface area contributed by atoms with Crippen molar-refractivity contribution < 1.29 is 0 Å². The zero-order chi connectivity index (χ0) is 10.1. The smallest absolute Gasteiger partial charge is 0.177 e. The molecule has 14 heavy (non-hydrogen) atoms. The highest BCUT2D eigenvalue weighted by molar-refractivity contribution is 7.71. The highest BCUT2D eigenvalue weighted by atomic mass is 32.1. The normalized spacial score (nSPS) is 13.0. The van der Waals surface area contributed by atoms with Gasteiger partial charge in [-0.15, -0.1) is 5.10 Å². The summed E-state index contributed by atoms with van der Waals surface area (Å²) in [6, 6.07) is 0.145. The van der Waals surface area contributed by atoms with E-state index in [1.165, 1.54) is 11.5 Å². The molecule has 2 aromatic rings. The fraction of sp³-hybridized carbons (Fsp3) is 0.375. The van der Waals surface area contributed by atoms with Crippen molar-refractivity contribution in [3.05, 3.63) is 27.7 Å². The fourth-order valence-corrected chi connectivity index (χ4v) is 2.23. The summed E-state index contributed by atoms with van der Waals surface area (Å²) >= 11 is 6.54. The van der Waals surface area contributed by atoms with Crippen molar-refractivity contribution in [2.45, 2.75) is 19.9 Å². The molecule has 0 saturated carbocycles. The maximum absolute atomic E-state index is 5.19. The third-order valence-electron chi connectivity index (χ3n) is 2.09. The second kappa shape index (κ2) is 3.62. The molecular weight excluding hydrogens is 216 g/mol. The molecule has 1 N–H and O–H groups in total. The Labute approximate surface area is 90.8 Å². The van der Waals surface area contributed by atoms with Crippen molar-refractivity contribution in [3.63, 3.8) is 0 Å². The van der Waals surface area contributed by atoms with Crippen molar-refractivity contribution in [3.8, 4) is 0 Å². The summed E-state index contributed by atoms with van der Waals surface area (Å²) in [5.74, 6) is 0. The van der Waals surface area contributed by atoms with Crippen LogP contribution in [0.15, 0.2) is 11.6 Å². The number of rotatable bonds is 2. The summed E-state index contributed by atoms with van der Waals surface area (Å²) in [6.45, 7) is 4.04. The van der Waals surface area contributed by atoms with Gasteiger partial charge >= 0.3 is 0 Å². The molecular formula is C8H10N4S2. The van der Waals surface area contributed by atoms with Gasteiger partial charge in [-0.05, 0) is 37.6 Å². The van der Waals surface area contributed by atoms with Gasteiger partial charge in [-0.3, -0.25) is 0 Å². The Morgan fingerprint density at radius 3 is 2.93 bits per heavy atom. The molecule has 0 aliphatic heterocycles. The van der Waals surface area contributed by atoms with Crippen LogP contribution in [-0.2, 0) is 0 Å². The monoisotopic (exact) mass is 226 g/mol. The lowest BCUT2D eigenvalue weighted by Gasteiger charge is -2.08. The lowest BCUT2D eigenvalue weighted by Crippen LogP contribution is -2.06. The van der Waals surface area contributed by atoms with Crippen LogP contribution >= 0.6 is 23.8 Å². The molecule has 2 rings (SSSR count). The van der Waals surface area contributed by atoms with Gasteiger partial charge in [0.2, 0.25) is 0 Å². The second-order valence-electron chi connectivity index (χ2n) is 3.16. The van der Waals surface area contributed by atoms with Crippen LogP contribution in [0.4, 0.5) is 0 Å². The quantitative estimate of drug-likeness (QED) is 0.799. The van der Waals surface area contributed by atoms with Crippen LogP contribution in [0.2, 0.25) is 0 Å². The number of nitrogens with one attached hydrogen (secondary N) is 1.